The van der Waals surface area contributed by atoms with E-state index in [0.29, 0.717) is 23.1 Å². The quantitative estimate of drug-likeness (QED) is 0.762. The minimum Gasteiger partial charge on any atom is -0.493 e. The molecule has 0 aliphatic rings. The van der Waals surface area contributed by atoms with E-state index in [2.05, 4.69) is 11.9 Å². The Kier molecular flexibility index (Phi) is 5.36. The van der Waals surface area contributed by atoms with Gasteiger partial charge >= 0.3 is 0 Å². The Morgan fingerprint density at radius 1 is 1.41 bits per heavy atom. The van der Waals surface area contributed by atoms with Gasteiger partial charge in [0.1, 0.15) is 5.75 Å². The van der Waals surface area contributed by atoms with Gasteiger partial charge in [0.15, 0.2) is 0 Å². The van der Waals surface area contributed by atoms with Crippen molar-refractivity contribution >= 4 is 23.2 Å². The number of hydrogen-bond donors (Lipinski definition) is 2. The average Bonchev–Trinajstić information content (AvgIpc) is 2.29. The van der Waals surface area contributed by atoms with Gasteiger partial charge in [0.05, 0.1) is 19.6 Å². The maximum Gasteiger partial charge on any atom is 0.223 e. The Hall–Kier alpha value is -1.68. The summed E-state index contributed by atoms with van der Waals surface area (Å²) in [5.74, 6) is 0.566. The van der Waals surface area contributed by atoms with E-state index in [1.165, 1.54) is 0 Å². The number of nitrogen functional groups attached to an aromatic ring is 1. The SMILES string of the molecule is C=C(Cl)CNC(=O)CCOc1ccc(N)cc1. The minimum absolute atomic E-state index is 0.123. The predicted molar refractivity (Wildman–Crippen MR) is 69.0 cm³/mol. The molecule has 0 heterocycles. The molecule has 0 aliphatic heterocycles. The van der Waals surface area contributed by atoms with Crippen LogP contribution in [0.4, 0.5) is 5.69 Å². The Balaban J connectivity index is 2.21. The number of halogens is 1. The van der Waals surface area contributed by atoms with Crippen LogP contribution in [0.15, 0.2) is 35.9 Å². The molecule has 92 valence electrons. The van der Waals surface area contributed by atoms with Crippen molar-refractivity contribution in [2.45, 2.75) is 6.42 Å². The van der Waals surface area contributed by atoms with Crippen LogP contribution >= 0.6 is 11.6 Å². The Morgan fingerprint density at radius 2 is 2.06 bits per heavy atom. The maximum absolute atomic E-state index is 11.3. The summed E-state index contributed by atoms with van der Waals surface area (Å²) >= 11 is 5.51. The van der Waals surface area contributed by atoms with E-state index >= 15 is 0 Å². The van der Waals surface area contributed by atoms with Crippen molar-refractivity contribution in [2.24, 2.45) is 0 Å². The molecule has 0 saturated heterocycles. The van der Waals surface area contributed by atoms with E-state index in [1.54, 1.807) is 24.3 Å². The van der Waals surface area contributed by atoms with E-state index in [-0.39, 0.29) is 18.9 Å². The highest BCUT2D eigenvalue weighted by Gasteiger charge is 2.01. The van der Waals surface area contributed by atoms with Gasteiger partial charge in [-0.1, -0.05) is 18.2 Å². The van der Waals surface area contributed by atoms with Gasteiger partial charge in [-0.05, 0) is 24.3 Å². The van der Waals surface area contributed by atoms with E-state index in [0.717, 1.165) is 0 Å². The first-order valence-corrected chi connectivity index (χ1v) is 5.54. The summed E-state index contributed by atoms with van der Waals surface area (Å²) in [5, 5.41) is 3.01. The van der Waals surface area contributed by atoms with Gasteiger partial charge in [0.2, 0.25) is 5.91 Å². The number of carbonyl (C=O) groups excluding carboxylic acids is 1. The van der Waals surface area contributed by atoms with Crippen molar-refractivity contribution in [3.05, 3.63) is 35.9 Å². The molecule has 5 heteroatoms. The summed E-state index contributed by atoms with van der Waals surface area (Å²) in [6.07, 6.45) is 0.272. The molecule has 1 aromatic rings. The monoisotopic (exact) mass is 254 g/mol. The molecule has 0 saturated carbocycles. The lowest BCUT2D eigenvalue weighted by Gasteiger charge is -2.06. The van der Waals surface area contributed by atoms with Crippen molar-refractivity contribution in [1.29, 1.82) is 0 Å². The standard InChI is InChI=1S/C12H15ClN2O2/c1-9(13)8-15-12(16)6-7-17-11-4-2-10(14)3-5-11/h2-5H,1,6-8,14H2,(H,15,16). The lowest BCUT2D eigenvalue weighted by molar-refractivity contribution is -0.121. The lowest BCUT2D eigenvalue weighted by atomic mass is 10.3. The molecule has 3 N–H and O–H groups in total. The zero-order valence-electron chi connectivity index (χ0n) is 9.41. The second-order valence-electron chi connectivity index (χ2n) is 3.46. The molecule has 17 heavy (non-hydrogen) atoms. The van der Waals surface area contributed by atoms with Crippen molar-refractivity contribution in [3.8, 4) is 5.75 Å². The third-order valence-corrected chi connectivity index (χ3v) is 2.09. The van der Waals surface area contributed by atoms with Crippen LogP contribution in [0.25, 0.3) is 0 Å². The van der Waals surface area contributed by atoms with Crippen LogP contribution in [0.2, 0.25) is 0 Å². The molecule has 1 aromatic carbocycles. The summed E-state index contributed by atoms with van der Waals surface area (Å²) in [6.45, 7) is 4.06. The zero-order valence-corrected chi connectivity index (χ0v) is 10.2. The van der Waals surface area contributed by atoms with Gasteiger partial charge in [0.25, 0.3) is 0 Å². The molecule has 1 rings (SSSR count). The first kappa shape index (κ1) is 13.4. The smallest absolute Gasteiger partial charge is 0.223 e. The molecule has 0 radical (unpaired) electrons. The summed E-state index contributed by atoms with van der Waals surface area (Å²) in [6, 6.07) is 7.00. The van der Waals surface area contributed by atoms with Gasteiger partial charge in [-0.25, -0.2) is 0 Å². The lowest BCUT2D eigenvalue weighted by Crippen LogP contribution is -2.25. The van der Waals surface area contributed by atoms with Crippen molar-refractivity contribution in [1.82, 2.24) is 5.32 Å². The summed E-state index contributed by atoms with van der Waals surface area (Å²) in [5.41, 5.74) is 6.21. The van der Waals surface area contributed by atoms with Crippen LogP contribution < -0.4 is 15.8 Å². The van der Waals surface area contributed by atoms with Gasteiger partial charge in [-0.3, -0.25) is 4.79 Å². The zero-order chi connectivity index (χ0) is 12.7. The summed E-state index contributed by atoms with van der Waals surface area (Å²) in [7, 11) is 0. The molecule has 4 nitrogen and oxygen atoms in total. The van der Waals surface area contributed by atoms with E-state index in [9.17, 15) is 4.79 Å². The number of amides is 1. The fourth-order valence-corrected chi connectivity index (χ4v) is 1.18. The normalized spacial score (nSPS) is 9.71. The van der Waals surface area contributed by atoms with Crippen LogP contribution in [0.1, 0.15) is 6.42 Å². The molecular formula is C12H15ClN2O2. The van der Waals surface area contributed by atoms with E-state index < -0.39 is 0 Å². The Bertz CT molecular complexity index is 390. The van der Waals surface area contributed by atoms with E-state index in [1.807, 2.05) is 0 Å². The second kappa shape index (κ2) is 6.81. The Labute approximate surface area is 105 Å². The van der Waals surface area contributed by atoms with Gasteiger partial charge in [0, 0.05) is 10.7 Å². The van der Waals surface area contributed by atoms with Crippen LogP contribution in [-0.2, 0) is 4.79 Å². The first-order chi connectivity index (χ1) is 8.08. The van der Waals surface area contributed by atoms with Crippen molar-refractivity contribution < 1.29 is 9.53 Å². The number of hydrogen-bond acceptors (Lipinski definition) is 3. The van der Waals surface area contributed by atoms with Crippen molar-refractivity contribution in [3.63, 3.8) is 0 Å². The number of nitrogens with two attached hydrogens (primary N) is 1. The molecular weight excluding hydrogens is 240 g/mol. The first-order valence-electron chi connectivity index (χ1n) is 5.16. The van der Waals surface area contributed by atoms with Crippen LogP contribution in [0, 0.1) is 0 Å². The van der Waals surface area contributed by atoms with Crippen LogP contribution in [0.3, 0.4) is 0 Å². The third-order valence-electron chi connectivity index (χ3n) is 1.96. The van der Waals surface area contributed by atoms with Crippen LogP contribution in [-0.4, -0.2) is 19.1 Å². The van der Waals surface area contributed by atoms with Gasteiger partial charge in [-0.2, -0.15) is 0 Å². The molecule has 0 atom stereocenters. The molecule has 1 amide bonds. The maximum atomic E-state index is 11.3. The number of rotatable bonds is 6. The fraction of sp³-hybridized carbons (Fsp3) is 0.250. The number of benzene rings is 1. The highest BCUT2D eigenvalue weighted by Crippen LogP contribution is 2.12. The Morgan fingerprint density at radius 3 is 2.65 bits per heavy atom. The predicted octanol–water partition coefficient (Wildman–Crippen LogP) is 1.91. The average molecular weight is 255 g/mol. The van der Waals surface area contributed by atoms with Gasteiger partial charge in [-0.15, -0.1) is 0 Å². The molecule has 0 spiro atoms. The number of ether oxygens (including phenoxy) is 1. The number of nitrogens with one attached hydrogen (secondary N) is 1. The number of carbonyl (C=O) groups is 1. The molecule has 0 aliphatic carbocycles. The summed E-state index contributed by atoms with van der Waals surface area (Å²) in [4.78, 5) is 11.3. The fourth-order valence-electron chi connectivity index (χ4n) is 1.11. The molecule has 0 fully saturated rings. The highest BCUT2D eigenvalue weighted by molar-refractivity contribution is 6.29. The number of anilines is 1. The topological polar surface area (TPSA) is 64.3 Å². The van der Waals surface area contributed by atoms with Gasteiger partial charge < -0.3 is 15.8 Å². The second-order valence-corrected chi connectivity index (χ2v) is 4.00. The minimum atomic E-state index is -0.123. The molecule has 0 bridgehead atoms. The van der Waals surface area contributed by atoms with Crippen molar-refractivity contribution in [2.75, 3.05) is 18.9 Å². The van der Waals surface area contributed by atoms with Crippen LogP contribution in [0.5, 0.6) is 5.75 Å². The largest absolute Gasteiger partial charge is 0.493 e. The molecule has 0 aromatic heterocycles. The van der Waals surface area contributed by atoms with E-state index in [4.69, 9.17) is 22.1 Å². The highest BCUT2D eigenvalue weighted by atomic mass is 35.5. The summed E-state index contributed by atoms with van der Waals surface area (Å²) < 4.78 is 5.37. The molecule has 0 unspecified atom stereocenters. The third kappa shape index (κ3) is 5.82.